The van der Waals surface area contributed by atoms with E-state index in [-0.39, 0.29) is 24.2 Å². The van der Waals surface area contributed by atoms with E-state index in [1.54, 1.807) is 0 Å². The molecule has 38 heavy (non-hydrogen) atoms. The molecule has 0 aromatic carbocycles. The maximum absolute atomic E-state index is 12.5. The number of hydrogen-bond acceptors (Lipinski definition) is 6. The minimum absolute atomic E-state index is 0.0592. The minimum atomic E-state index is -1.01. The van der Waals surface area contributed by atoms with Gasteiger partial charge in [-0.15, -0.1) is 0 Å². The molecule has 0 saturated heterocycles. The predicted molar refractivity (Wildman–Crippen MR) is 146 cm³/mol. The number of rotatable bonds is 5. The van der Waals surface area contributed by atoms with Crippen molar-refractivity contribution in [2.24, 2.45) is 63.6 Å². The molecule has 0 amide bonds. The molecule has 5 aliphatic rings. The molecule has 15 atom stereocenters. The third-order valence-corrected chi connectivity index (χ3v) is 13.3. The van der Waals surface area contributed by atoms with Crippen LogP contribution in [0.25, 0.3) is 0 Å². The van der Waals surface area contributed by atoms with Gasteiger partial charge in [0.2, 0.25) is 0 Å². The number of carbonyl (C=O) groups excluding carboxylic acids is 1. The van der Waals surface area contributed by atoms with Gasteiger partial charge in [-0.05, 0) is 72.5 Å². The van der Waals surface area contributed by atoms with Gasteiger partial charge >= 0.3 is 5.97 Å². The molecule has 4 saturated carbocycles. The highest BCUT2D eigenvalue weighted by atomic mass is 16.6. The summed E-state index contributed by atoms with van der Waals surface area (Å²) in [5, 5.41) is 45.5. The average Bonchev–Trinajstić information content (AvgIpc) is 3.39. The fourth-order valence-electron chi connectivity index (χ4n) is 10.8. The van der Waals surface area contributed by atoms with Gasteiger partial charge < -0.3 is 25.2 Å². The van der Waals surface area contributed by atoms with Crippen LogP contribution >= 0.6 is 0 Å². The van der Waals surface area contributed by atoms with Gasteiger partial charge in [0.1, 0.15) is 6.10 Å². The Balaban J connectivity index is 1.55. The van der Waals surface area contributed by atoms with E-state index >= 15 is 0 Å². The molecule has 4 N–H and O–H groups in total. The van der Waals surface area contributed by atoms with E-state index in [0.717, 1.165) is 18.4 Å². The highest BCUT2D eigenvalue weighted by Gasteiger charge is 2.71. The van der Waals surface area contributed by atoms with Gasteiger partial charge in [0.05, 0.1) is 24.4 Å². The minimum Gasteiger partial charge on any atom is -0.459 e. The predicted octanol–water partition coefficient (Wildman–Crippen LogP) is 4.33. The molecule has 5 rings (SSSR count). The standard InChI is InChI=1S/C32H52O6/c1-15(2)17(4)30(6)14-23(30)16(3)21-9-10-22-26-24(35)12-19-11-20(34)13-25(36)31(19,7)27(26)28(37)29(32(21,22)8)38-18(5)33/h12,15-17,20-29,34-37H,9-11,13-14H2,1-8H3/t16-,17+,20+,21+,22-,23+,24+,25-,26+,27+,28-,29+,30+,31+,32+/m0/s1. The quantitative estimate of drug-likeness (QED) is 0.310. The number of hydrogen-bond donors (Lipinski definition) is 4. The second kappa shape index (κ2) is 9.29. The van der Waals surface area contributed by atoms with Gasteiger partial charge in [-0.3, -0.25) is 4.79 Å². The summed E-state index contributed by atoms with van der Waals surface area (Å²) in [6.07, 6.45) is 1.63. The van der Waals surface area contributed by atoms with Crippen LogP contribution in [0, 0.1) is 63.6 Å². The molecule has 216 valence electrons. The van der Waals surface area contributed by atoms with Gasteiger partial charge in [0.15, 0.2) is 0 Å². The van der Waals surface area contributed by atoms with Crippen LogP contribution in [-0.4, -0.2) is 56.9 Å². The van der Waals surface area contributed by atoms with Crippen molar-refractivity contribution in [2.75, 3.05) is 0 Å². The number of aliphatic hydroxyl groups excluding tert-OH is 4. The van der Waals surface area contributed by atoms with Crippen molar-refractivity contribution >= 4 is 5.97 Å². The largest absolute Gasteiger partial charge is 0.459 e. The third-order valence-electron chi connectivity index (χ3n) is 13.3. The van der Waals surface area contributed by atoms with Crippen LogP contribution in [0.15, 0.2) is 11.6 Å². The van der Waals surface area contributed by atoms with Crippen molar-refractivity contribution in [3.8, 4) is 0 Å². The topological polar surface area (TPSA) is 107 Å². The van der Waals surface area contributed by atoms with Crippen LogP contribution in [0.2, 0.25) is 0 Å². The molecule has 0 heterocycles. The van der Waals surface area contributed by atoms with Crippen molar-refractivity contribution in [2.45, 2.75) is 118 Å². The highest BCUT2D eigenvalue weighted by molar-refractivity contribution is 5.66. The Bertz CT molecular complexity index is 977. The van der Waals surface area contributed by atoms with E-state index in [1.165, 1.54) is 13.3 Å². The zero-order chi connectivity index (χ0) is 28.1. The zero-order valence-electron chi connectivity index (χ0n) is 24.7. The molecule has 6 nitrogen and oxygen atoms in total. The van der Waals surface area contributed by atoms with Gasteiger partial charge in [0, 0.05) is 30.1 Å². The summed E-state index contributed by atoms with van der Waals surface area (Å²) < 4.78 is 6.08. The Kier molecular flexibility index (Phi) is 6.98. The molecule has 6 heteroatoms. The molecule has 0 unspecified atom stereocenters. The van der Waals surface area contributed by atoms with E-state index < -0.39 is 53.2 Å². The molecular formula is C32H52O6. The molecule has 0 radical (unpaired) electrons. The SMILES string of the molecule is CC(=O)O[C@@H]1[C@@H](O)[C@H]2[C@@H]([C@H](O)C=C3C[C@@H](O)C[C@H](O)[C@@]32C)[C@@H]2CC[C@H]([C@H](C)[C@H]3C[C@]3(C)[C@H](C)C(C)C)[C@@]12C. The first-order valence-corrected chi connectivity index (χ1v) is 15.2. The van der Waals surface area contributed by atoms with E-state index in [1.807, 2.05) is 13.0 Å². The second-order valence-corrected chi connectivity index (χ2v) is 15.1. The number of fused-ring (bicyclic) bond motifs is 5. The fourth-order valence-corrected chi connectivity index (χ4v) is 10.8. The Morgan fingerprint density at radius 1 is 1.03 bits per heavy atom. The summed E-state index contributed by atoms with van der Waals surface area (Å²) in [4.78, 5) is 12.5. The monoisotopic (exact) mass is 532 g/mol. The lowest BCUT2D eigenvalue weighted by Crippen LogP contribution is -2.68. The lowest BCUT2D eigenvalue weighted by atomic mass is 9.44. The van der Waals surface area contributed by atoms with Crippen molar-refractivity contribution in [3.05, 3.63) is 11.6 Å². The van der Waals surface area contributed by atoms with Gasteiger partial charge in [0.25, 0.3) is 0 Å². The molecule has 5 aliphatic carbocycles. The van der Waals surface area contributed by atoms with Gasteiger partial charge in [-0.25, -0.2) is 0 Å². The van der Waals surface area contributed by atoms with Crippen LogP contribution in [0.4, 0.5) is 0 Å². The maximum Gasteiger partial charge on any atom is 0.303 e. The van der Waals surface area contributed by atoms with Crippen LogP contribution in [0.3, 0.4) is 0 Å². The highest BCUT2D eigenvalue weighted by Crippen LogP contribution is 2.71. The van der Waals surface area contributed by atoms with Crippen molar-refractivity contribution in [1.82, 2.24) is 0 Å². The number of ether oxygens (including phenoxy) is 1. The molecule has 0 bridgehead atoms. The van der Waals surface area contributed by atoms with Gasteiger partial charge in [-0.2, -0.15) is 0 Å². The normalized spacial score (nSPS) is 53.3. The Labute approximate surface area is 229 Å². The summed E-state index contributed by atoms with van der Waals surface area (Å²) in [6.45, 7) is 17.4. The molecule has 4 fully saturated rings. The van der Waals surface area contributed by atoms with Gasteiger partial charge in [-0.1, -0.05) is 60.1 Å². The third kappa shape index (κ3) is 3.83. The summed E-state index contributed by atoms with van der Waals surface area (Å²) in [7, 11) is 0. The average molecular weight is 533 g/mol. The number of esters is 1. The number of carbonyl (C=O) groups is 1. The maximum atomic E-state index is 12.5. The smallest absolute Gasteiger partial charge is 0.303 e. The Hall–Kier alpha value is -0.950. The van der Waals surface area contributed by atoms with Crippen LogP contribution in [0.1, 0.15) is 87.5 Å². The van der Waals surface area contributed by atoms with Crippen molar-refractivity contribution < 1.29 is 30.0 Å². The van der Waals surface area contributed by atoms with Crippen molar-refractivity contribution in [3.63, 3.8) is 0 Å². The van der Waals surface area contributed by atoms with Crippen LogP contribution < -0.4 is 0 Å². The van der Waals surface area contributed by atoms with E-state index in [2.05, 4.69) is 41.5 Å². The van der Waals surface area contributed by atoms with E-state index in [9.17, 15) is 25.2 Å². The molecule has 0 spiro atoms. The van der Waals surface area contributed by atoms with Crippen LogP contribution in [0.5, 0.6) is 0 Å². The first-order valence-electron chi connectivity index (χ1n) is 15.2. The van der Waals surface area contributed by atoms with E-state index in [4.69, 9.17) is 4.74 Å². The summed E-state index contributed by atoms with van der Waals surface area (Å²) in [5.41, 5.74) is -0.135. The summed E-state index contributed by atoms with van der Waals surface area (Å²) >= 11 is 0. The molecule has 0 aromatic rings. The van der Waals surface area contributed by atoms with Crippen LogP contribution in [-0.2, 0) is 9.53 Å². The summed E-state index contributed by atoms with van der Waals surface area (Å²) in [6, 6.07) is 0. The Morgan fingerprint density at radius 2 is 1.68 bits per heavy atom. The molecule has 0 aliphatic heterocycles. The summed E-state index contributed by atoms with van der Waals surface area (Å²) in [5.74, 6) is 1.48. The van der Waals surface area contributed by atoms with Crippen molar-refractivity contribution in [1.29, 1.82) is 0 Å². The lowest BCUT2D eigenvalue weighted by Gasteiger charge is -2.63. The molecule has 0 aromatic heterocycles. The van der Waals surface area contributed by atoms with E-state index in [0.29, 0.717) is 35.5 Å². The Morgan fingerprint density at radius 3 is 2.29 bits per heavy atom. The lowest BCUT2D eigenvalue weighted by molar-refractivity contribution is -0.240. The second-order valence-electron chi connectivity index (χ2n) is 15.1. The first kappa shape index (κ1) is 28.6. The first-order chi connectivity index (χ1) is 17.6. The number of aliphatic hydroxyl groups is 4. The fraction of sp³-hybridized carbons (Fsp3) is 0.906. The zero-order valence-corrected chi connectivity index (χ0v) is 24.7. The molecular weight excluding hydrogens is 480 g/mol.